The largest absolute Gasteiger partial charge is 0.489 e. The highest BCUT2D eigenvalue weighted by Gasteiger charge is 2.44. The Labute approximate surface area is 177 Å². The number of hydrogen-bond acceptors (Lipinski definition) is 5. The van der Waals surface area contributed by atoms with E-state index in [4.69, 9.17) is 9.47 Å². The van der Waals surface area contributed by atoms with Gasteiger partial charge in [-0.15, -0.1) is 0 Å². The lowest BCUT2D eigenvalue weighted by Gasteiger charge is -2.34. The molecule has 2 aliphatic heterocycles. The Kier molecular flexibility index (Phi) is 6.04. The lowest BCUT2D eigenvalue weighted by Crippen LogP contribution is -2.48. The Morgan fingerprint density at radius 1 is 1.03 bits per heavy atom. The fraction of sp³-hybridized carbons (Fsp3) is 0.417. The topological polar surface area (TPSA) is 59.1 Å². The van der Waals surface area contributed by atoms with E-state index in [-0.39, 0.29) is 11.9 Å². The molecule has 2 unspecified atom stereocenters. The van der Waals surface area contributed by atoms with Crippen molar-refractivity contribution in [3.63, 3.8) is 0 Å². The van der Waals surface area contributed by atoms with Crippen LogP contribution >= 0.6 is 0 Å². The van der Waals surface area contributed by atoms with Crippen LogP contribution in [0.25, 0.3) is 0 Å². The number of ether oxygens (including phenoxy) is 2. The maximum Gasteiger partial charge on any atom is 0.337 e. The molecule has 2 bridgehead atoms. The van der Waals surface area contributed by atoms with Gasteiger partial charge in [-0.1, -0.05) is 37.3 Å². The Morgan fingerprint density at radius 2 is 1.80 bits per heavy atom. The highest BCUT2D eigenvalue weighted by Crippen LogP contribution is 2.33. The van der Waals surface area contributed by atoms with E-state index in [0.717, 1.165) is 42.9 Å². The molecule has 0 N–H and O–H groups in total. The van der Waals surface area contributed by atoms with Crippen molar-refractivity contribution in [2.24, 2.45) is 0 Å². The van der Waals surface area contributed by atoms with Gasteiger partial charge in [0, 0.05) is 43.7 Å². The van der Waals surface area contributed by atoms with Crippen LogP contribution in [0.2, 0.25) is 0 Å². The third kappa shape index (κ3) is 4.19. The van der Waals surface area contributed by atoms with Crippen LogP contribution in [0, 0.1) is 0 Å². The van der Waals surface area contributed by atoms with Crippen LogP contribution in [0.4, 0.5) is 0 Å². The van der Waals surface area contributed by atoms with Gasteiger partial charge >= 0.3 is 5.97 Å². The quantitative estimate of drug-likeness (QED) is 0.659. The van der Waals surface area contributed by atoms with Gasteiger partial charge in [-0.3, -0.25) is 9.69 Å². The Balaban J connectivity index is 1.37. The van der Waals surface area contributed by atoms with E-state index in [1.54, 1.807) is 12.1 Å². The summed E-state index contributed by atoms with van der Waals surface area (Å²) in [6.45, 7) is 4.96. The average molecular weight is 408 g/mol. The van der Waals surface area contributed by atoms with Gasteiger partial charge in [0.25, 0.3) is 0 Å². The van der Waals surface area contributed by atoms with Gasteiger partial charge in [-0.25, -0.2) is 4.79 Å². The van der Waals surface area contributed by atoms with Gasteiger partial charge in [0.1, 0.15) is 12.4 Å². The summed E-state index contributed by atoms with van der Waals surface area (Å²) in [7, 11) is 1.38. The standard InChI is InChI=1S/C24H28N2O4/c1-3-23(27)26-15-20-12-21(26)14-25(20)13-19-6-4-5-7-22(19)30-16-17-8-10-18(11-9-17)24(28)29-2/h4-11,20-21H,3,12-16H2,1-2H3. The number of rotatable bonds is 7. The maximum atomic E-state index is 12.1. The van der Waals surface area contributed by atoms with Gasteiger partial charge in [0.2, 0.25) is 5.91 Å². The Bertz CT molecular complexity index is 912. The van der Waals surface area contributed by atoms with Crippen molar-refractivity contribution in [3.8, 4) is 5.75 Å². The second-order valence-electron chi connectivity index (χ2n) is 7.96. The third-order valence-corrected chi connectivity index (χ3v) is 6.09. The number of likely N-dealkylation sites (tertiary alicyclic amines) is 2. The number of amides is 1. The first kappa shape index (κ1) is 20.4. The molecule has 1 amide bonds. The summed E-state index contributed by atoms with van der Waals surface area (Å²) in [5.74, 6) is 0.801. The molecule has 2 heterocycles. The fourth-order valence-electron chi connectivity index (χ4n) is 4.46. The summed E-state index contributed by atoms with van der Waals surface area (Å²) in [6.07, 6.45) is 1.65. The molecule has 4 rings (SSSR count). The molecular formula is C24H28N2O4. The molecule has 30 heavy (non-hydrogen) atoms. The molecule has 158 valence electrons. The van der Waals surface area contributed by atoms with E-state index in [1.807, 2.05) is 37.3 Å². The second-order valence-corrected chi connectivity index (χ2v) is 7.96. The van der Waals surface area contributed by atoms with E-state index >= 15 is 0 Å². The zero-order valence-corrected chi connectivity index (χ0v) is 17.5. The number of hydrogen-bond donors (Lipinski definition) is 0. The van der Waals surface area contributed by atoms with Crippen molar-refractivity contribution in [2.75, 3.05) is 20.2 Å². The summed E-state index contributed by atoms with van der Waals surface area (Å²) >= 11 is 0. The van der Waals surface area contributed by atoms with E-state index < -0.39 is 0 Å². The number of esters is 1. The molecule has 2 saturated heterocycles. The molecule has 6 nitrogen and oxygen atoms in total. The molecule has 2 aliphatic rings. The van der Waals surface area contributed by atoms with Crippen LogP contribution < -0.4 is 4.74 Å². The zero-order chi connectivity index (χ0) is 21.1. The van der Waals surface area contributed by atoms with Gasteiger partial charge in [0.15, 0.2) is 0 Å². The third-order valence-electron chi connectivity index (χ3n) is 6.09. The number of piperazine rings is 1. The van der Waals surface area contributed by atoms with Gasteiger partial charge in [-0.2, -0.15) is 0 Å². The number of methoxy groups -OCH3 is 1. The summed E-state index contributed by atoms with van der Waals surface area (Å²) in [5.41, 5.74) is 2.68. The van der Waals surface area contributed by atoms with Crippen LogP contribution in [0.3, 0.4) is 0 Å². The molecule has 0 saturated carbocycles. The summed E-state index contributed by atoms with van der Waals surface area (Å²) < 4.78 is 10.8. The normalized spacial score (nSPS) is 20.4. The predicted molar refractivity (Wildman–Crippen MR) is 113 cm³/mol. The van der Waals surface area contributed by atoms with Crippen LogP contribution in [0.5, 0.6) is 5.75 Å². The summed E-state index contributed by atoms with van der Waals surface area (Å²) in [6, 6.07) is 16.2. The average Bonchev–Trinajstić information content (AvgIpc) is 3.38. The molecule has 2 aromatic carbocycles. The fourth-order valence-corrected chi connectivity index (χ4v) is 4.46. The van der Waals surface area contributed by atoms with Crippen molar-refractivity contribution >= 4 is 11.9 Å². The molecule has 2 atom stereocenters. The van der Waals surface area contributed by atoms with Crippen LogP contribution in [0.1, 0.15) is 41.3 Å². The first-order valence-corrected chi connectivity index (χ1v) is 10.5. The first-order chi connectivity index (χ1) is 14.6. The minimum absolute atomic E-state index is 0.268. The molecular weight excluding hydrogens is 380 g/mol. The SMILES string of the molecule is CCC(=O)N1CC2CC1CN2Cc1ccccc1OCc1ccc(C(=O)OC)cc1. The monoisotopic (exact) mass is 408 g/mol. The number of nitrogens with zero attached hydrogens (tertiary/aromatic N) is 2. The molecule has 6 heteroatoms. The lowest BCUT2D eigenvalue weighted by molar-refractivity contribution is -0.133. The molecule has 0 aromatic heterocycles. The maximum absolute atomic E-state index is 12.1. The minimum atomic E-state index is -0.341. The van der Waals surface area contributed by atoms with E-state index in [0.29, 0.717) is 30.7 Å². The van der Waals surface area contributed by atoms with Gasteiger partial charge < -0.3 is 14.4 Å². The Hall–Kier alpha value is -2.86. The molecule has 2 aromatic rings. The van der Waals surface area contributed by atoms with Crippen molar-refractivity contribution < 1.29 is 19.1 Å². The number of carbonyl (C=O) groups is 2. The molecule has 0 radical (unpaired) electrons. The zero-order valence-electron chi connectivity index (χ0n) is 17.5. The van der Waals surface area contributed by atoms with E-state index in [2.05, 4.69) is 15.9 Å². The molecule has 0 spiro atoms. The van der Waals surface area contributed by atoms with Crippen LogP contribution in [-0.2, 0) is 22.7 Å². The van der Waals surface area contributed by atoms with Crippen molar-refractivity contribution in [1.29, 1.82) is 0 Å². The second kappa shape index (κ2) is 8.88. The number of fused-ring (bicyclic) bond motifs is 2. The Morgan fingerprint density at radius 3 is 2.47 bits per heavy atom. The van der Waals surface area contributed by atoms with E-state index in [1.165, 1.54) is 7.11 Å². The smallest absolute Gasteiger partial charge is 0.337 e. The first-order valence-electron chi connectivity index (χ1n) is 10.5. The van der Waals surface area contributed by atoms with Gasteiger partial charge in [0.05, 0.1) is 12.7 Å². The predicted octanol–water partition coefficient (Wildman–Crippen LogP) is 3.25. The highest BCUT2D eigenvalue weighted by atomic mass is 16.5. The number of benzene rings is 2. The summed E-state index contributed by atoms with van der Waals surface area (Å²) in [5, 5.41) is 0. The lowest BCUT2D eigenvalue weighted by atomic mass is 10.1. The van der Waals surface area contributed by atoms with Crippen LogP contribution in [-0.4, -0.2) is 54.0 Å². The molecule has 0 aliphatic carbocycles. The number of para-hydroxylation sites is 1. The van der Waals surface area contributed by atoms with Gasteiger partial charge in [-0.05, 0) is 30.2 Å². The minimum Gasteiger partial charge on any atom is -0.489 e. The van der Waals surface area contributed by atoms with Crippen molar-refractivity contribution in [2.45, 2.75) is 45.0 Å². The highest BCUT2D eigenvalue weighted by molar-refractivity contribution is 5.89. The number of carbonyl (C=O) groups excluding carboxylic acids is 2. The molecule has 2 fully saturated rings. The summed E-state index contributed by atoms with van der Waals surface area (Å²) in [4.78, 5) is 28.2. The van der Waals surface area contributed by atoms with Crippen LogP contribution in [0.15, 0.2) is 48.5 Å². The van der Waals surface area contributed by atoms with E-state index in [9.17, 15) is 9.59 Å². The van der Waals surface area contributed by atoms with Crippen molar-refractivity contribution in [3.05, 3.63) is 65.2 Å². The van der Waals surface area contributed by atoms with Crippen molar-refractivity contribution in [1.82, 2.24) is 9.80 Å².